The highest BCUT2D eigenvalue weighted by Crippen LogP contribution is 2.54. The number of hydrogen-bond acceptors (Lipinski definition) is 3. The number of ether oxygens (including phenoxy) is 1. The molecule has 100 valence electrons. The molecular formula is C16H18O3. The van der Waals surface area contributed by atoms with Crippen LogP contribution in [-0.2, 0) is 16.1 Å². The molecule has 2 saturated carbocycles. The Bertz CT molecular complexity index is 508. The fourth-order valence-electron chi connectivity index (χ4n) is 3.38. The first-order valence-electron chi connectivity index (χ1n) is 6.75. The molecule has 1 N–H and O–H groups in total. The maximum atomic E-state index is 12.2. The third kappa shape index (κ3) is 1.89. The molecule has 2 aliphatic carbocycles. The van der Waals surface area contributed by atoms with E-state index in [1.165, 1.54) is 0 Å². The second-order valence-electron chi connectivity index (χ2n) is 5.56. The van der Waals surface area contributed by atoms with Crippen molar-refractivity contribution in [2.45, 2.75) is 31.5 Å². The van der Waals surface area contributed by atoms with Crippen molar-refractivity contribution in [3.8, 4) is 0 Å². The fourth-order valence-corrected chi connectivity index (χ4v) is 3.38. The highest BCUT2D eigenvalue weighted by molar-refractivity contribution is 5.85. The zero-order chi connectivity index (χ0) is 13.5. The van der Waals surface area contributed by atoms with Crippen LogP contribution in [-0.4, -0.2) is 16.7 Å². The number of hydrogen-bond donors (Lipinski definition) is 1. The van der Waals surface area contributed by atoms with Gasteiger partial charge >= 0.3 is 5.97 Å². The molecule has 0 spiro atoms. The Labute approximate surface area is 112 Å². The molecule has 2 bridgehead atoms. The molecule has 0 heterocycles. The van der Waals surface area contributed by atoms with Crippen molar-refractivity contribution in [1.29, 1.82) is 0 Å². The molecule has 1 aromatic carbocycles. The molecule has 1 aromatic rings. The van der Waals surface area contributed by atoms with Crippen LogP contribution in [0.1, 0.15) is 24.8 Å². The maximum absolute atomic E-state index is 12.2. The topological polar surface area (TPSA) is 46.5 Å². The maximum Gasteiger partial charge on any atom is 0.343 e. The standard InChI is InChI=1S/C16H18O3/c1-11-13-7-8-14(9-13)16(11,18)15(17)19-10-12-5-3-2-4-6-12/h2-6,13-14,18H,1,7-10H2/t13-,14+,16+/m1/s1. The van der Waals surface area contributed by atoms with Gasteiger partial charge in [-0.15, -0.1) is 0 Å². The molecule has 3 atom stereocenters. The first-order valence-corrected chi connectivity index (χ1v) is 6.75. The van der Waals surface area contributed by atoms with E-state index in [0.29, 0.717) is 11.5 Å². The predicted octanol–water partition coefficient (Wildman–Crippen LogP) is 2.45. The molecule has 2 aliphatic rings. The van der Waals surface area contributed by atoms with Gasteiger partial charge in [0.1, 0.15) is 6.61 Å². The first-order chi connectivity index (χ1) is 9.12. The van der Waals surface area contributed by atoms with Gasteiger partial charge in [0.05, 0.1) is 0 Å². The molecule has 0 saturated heterocycles. The molecule has 3 nitrogen and oxygen atoms in total. The number of rotatable bonds is 3. The summed E-state index contributed by atoms with van der Waals surface area (Å²) in [5.74, 6) is -0.249. The van der Waals surface area contributed by atoms with Crippen molar-refractivity contribution >= 4 is 5.97 Å². The summed E-state index contributed by atoms with van der Waals surface area (Å²) in [7, 11) is 0. The Balaban J connectivity index is 1.69. The van der Waals surface area contributed by atoms with Crippen LogP contribution in [0.3, 0.4) is 0 Å². The van der Waals surface area contributed by atoms with Crippen LogP contribution >= 0.6 is 0 Å². The molecule has 3 rings (SSSR count). The van der Waals surface area contributed by atoms with E-state index in [-0.39, 0.29) is 12.5 Å². The summed E-state index contributed by atoms with van der Waals surface area (Å²) in [4.78, 5) is 12.2. The number of esters is 1. The highest BCUT2D eigenvalue weighted by Gasteiger charge is 2.58. The van der Waals surface area contributed by atoms with E-state index in [2.05, 4.69) is 6.58 Å². The average Bonchev–Trinajstić information content (AvgIpc) is 3.01. The lowest BCUT2D eigenvalue weighted by molar-refractivity contribution is -0.167. The van der Waals surface area contributed by atoms with Crippen LogP contribution in [0, 0.1) is 11.8 Å². The van der Waals surface area contributed by atoms with Crippen molar-refractivity contribution in [2.24, 2.45) is 11.8 Å². The lowest BCUT2D eigenvalue weighted by Crippen LogP contribution is -2.46. The van der Waals surface area contributed by atoms with E-state index in [9.17, 15) is 9.90 Å². The van der Waals surface area contributed by atoms with Crippen LogP contribution in [0.2, 0.25) is 0 Å². The van der Waals surface area contributed by atoms with Gasteiger partial charge < -0.3 is 9.84 Å². The van der Waals surface area contributed by atoms with Crippen molar-refractivity contribution in [3.63, 3.8) is 0 Å². The Morgan fingerprint density at radius 1 is 1.37 bits per heavy atom. The van der Waals surface area contributed by atoms with Crippen molar-refractivity contribution in [3.05, 3.63) is 48.0 Å². The second kappa shape index (κ2) is 4.49. The van der Waals surface area contributed by atoms with E-state index in [1.54, 1.807) is 0 Å². The zero-order valence-corrected chi connectivity index (χ0v) is 10.8. The van der Waals surface area contributed by atoms with Gasteiger partial charge in [0.15, 0.2) is 5.60 Å². The van der Waals surface area contributed by atoms with Gasteiger partial charge in [-0.05, 0) is 36.3 Å². The fraction of sp³-hybridized carbons (Fsp3) is 0.438. The Morgan fingerprint density at radius 2 is 2.11 bits per heavy atom. The van der Waals surface area contributed by atoms with Crippen LogP contribution in [0.4, 0.5) is 0 Å². The number of benzene rings is 1. The molecule has 0 aromatic heterocycles. The molecule has 0 amide bonds. The summed E-state index contributed by atoms with van der Waals surface area (Å²) < 4.78 is 5.29. The van der Waals surface area contributed by atoms with Gasteiger partial charge in [0.2, 0.25) is 0 Å². The summed E-state index contributed by atoms with van der Waals surface area (Å²) in [6.45, 7) is 4.12. The molecule has 0 unspecified atom stereocenters. The monoisotopic (exact) mass is 258 g/mol. The molecule has 0 aliphatic heterocycles. The minimum absolute atomic E-state index is 0.00623. The van der Waals surface area contributed by atoms with Crippen molar-refractivity contribution in [1.82, 2.24) is 0 Å². The quantitative estimate of drug-likeness (QED) is 0.669. The summed E-state index contributed by atoms with van der Waals surface area (Å²) in [5, 5.41) is 10.6. The number of carbonyl (C=O) groups is 1. The first kappa shape index (κ1) is 12.4. The van der Waals surface area contributed by atoms with E-state index in [4.69, 9.17) is 4.74 Å². The SMILES string of the molecule is C=C1[C@@H]2CC[C@@H](C2)[C@]1(O)C(=O)OCc1ccccc1. The normalized spacial score (nSPS) is 32.6. The highest BCUT2D eigenvalue weighted by atomic mass is 16.5. The second-order valence-corrected chi connectivity index (χ2v) is 5.56. The summed E-state index contributed by atoms with van der Waals surface area (Å²) in [6, 6.07) is 9.50. The Morgan fingerprint density at radius 3 is 2.74 bits per heavy atom. The predicted molar refractivity (Wildman–Crippen MR) is 71.2 cm³/mol. The van der Waals surface area contributed by atoms with Gasteiger partial charge in [-0.3, -0.25) is 0 Å². The molecule has 0 radical (unpaired) electrons. The minimum atomic E-state index is -1.45. The third-order valence-corrected chi connectivity index (χ3v) is 4.53. The van der Waals surface area contributed by atoms with Gasteiger partial charge in [0.25, 0.3) is 0 Å². The van der Waals surface area contributed by atoms with E-state index in [1.807, 2.05) is 30.3 Å². The minimum Gasteiger partial charge on any atom is -0.458 e. The van der Waals surface area contributed by atoms with Gasteiger partial charge in [-0.25, -0.2) is 4.79 Å². The number of aliphatic hydroxyl groups is 1. The Hall–Kier alpha value is -1.61. The van der Waals surface area contributed by atoms with Crippen LogP contribution in [0.15, 0.2) is 42.5 Å². The lowest BCUT2D eigenvalue weighted by atomic mass is 9.81. The molecule has 3 heteroatoms. The smallest absolute Gasteiger partial charge is 0.343 e. The molecular weight excluding hydrogens is 240 g/mol. The largest absolute Gasteiger partial charge is 0.458 e. The van der Waals surface area contributed by atoms with Crippen LogP contribution < -0.4 is 0 Å². The molecule has 2 fully saturated rings. The van der Waals surface area contributed by atoms with Crippen molar-refractivity contribution < 1.29 is 14.6 Å². The van der Waals surface area contributed by atoms with Gasteiger partial charge in [0, 0.05) is 5.92 Å². The van der Waals surface area contributed by atoms with Crippen LogP contribution in [0.25, 0.3) is 0 Å². The van der Waals surface area contributed by atoms with E-state index < -0.39 is 11.6 Å². The average molecular weight is 258 g/mol. The number of carbonyl (C=O) groups excluding carboxylic acids is 1. The van der Waals surface area contributed by atoms with E-state index >= 15 is 0 Å². The zero-order valence-electron chi connectivity index (χ0n) is 10.8. The molecule has 19 heavy (non-hydrogen) atoms. The summed E-state index contributed by atoms with van der Waals surface area (Å²) >= 11 is 0. The third-order valence-electron chi connectivity index (χ3n) is 4.53. The van der Waals surface area contributed by atoms with Gasteiger partial charge in [-0.1, -0.05) is 36.9 Å². The lowest BCUT2D eigenvalue weighted by Gasteiger charge is -2.31. The van der Waals surface area contributed by atoms with Crippen LogP contribution in [0.5, 0.6) is 0 Å². The van der Waals surface area contributed by atoms with Crippen molar-refractivity contribution in [2.75, 3.05) is 0 Å². The Kier molecular flexibility index (Phi) is 2.94. The summed E-state index contributed by atoms with van der Waals surface area (Å²) in [5.41, 5.74) is 0.132. The summed E-state index contributed by atoms with van der Waals surface area (Å²) in [6.07, 6.45) is 2.80. The van der Waals surface area contributed by atoms with Gasteiger partial charge in [-0.2, -0.15) is 0 Å². The van der Waals surface area contributed by atoms with E-state index in [0.717, 1.165) is 24.8 Å². The number of fused-ring (bicyclic) bond motifs is 2.